The van der Waals surface area contributed by atoms with Gasteiger partial charge in [0.2, 0.25) is 0 Å². The molecule has 0 unspecified atom stereocenters. The van der Waals surface area contributed by atoms with Crippen LogP contribution in [0.5, 0.6) is 0 Å². The van der Waals surface area contributed by atoms with Crippen molar-refractivity contribution in [3.8, 4) is 0 Å². The van der Waals surface area contributed by atoms with Crippen molar-refractivity contribution in [1.29, 1.82) is 0 Å². The summed E-state index contributed by atoms with van der Waals surface area (Å²) in [5, 5.41) is 0. The van der Waals surface area contributed by atoms with E-state index in [1.165, 1.54) is 33.7 Å². The van der Waals surface area contributed by atoms with Crippen LogP contribution in [0.2, 0.25) is 0 Å². The molecule has 2 heteroatoms. The van der Waals surface area contributed by atoms with E-state index in [2.05, 4.69) is 163 Å². The van der Waals surface area contributed by atoms with Crippen molar-refractivity contribution < 1.29 is 4.58 Å². The third-order valence-corrected chi connectivity index (χ3v) is 5.99. The summed E-state index contributed by atoms with van der Waals surface area (Å²) in [6, 6.07) is 29.8. The Balaban J connectivity index is 1.28. The monoisotopic (exact) mass is 457 g/mol. The fourth-order valence-electron chi connectivity index (χ4n) is 3.97. The Labute approximate surface area is 209 Å². The molecule has 35 heavy (non-hydrogen) atoms. The maximum absolute atomic E-state index is 2.27. The number of allylic oxidation sites excluding steroid dienone is 9. The SMILES string of the molecule is CN(Cc1ccccc1)c1ccc(/C=C/C=C/C=C2C=CC(=[N+](C)Cc3ccccc3)C=C2)cc1. The van der Waals surface area contributed by atoms with E-state index >= 15 is 0 Å². The molecular weight excluding hydrogens is 424 g/mol. The lowest BCUT2D eigenvalue weighted by atomic mass is 10.1. The minimum atomic E-state index is 0.902. The summed E-state index contributed by atoms with van der Waals surface area (Å²) in [5.41, 5.74) is 7.44. The zero-order valence-electron chi connectivity index (χ0n) is 20.6. The first-order valence-corrected chi connectivity index (χ1v) is 12.1. The van der Waals surface area contributed by atoms with Gasteiger partial charge in [-0.3, -0.25) is 0 Å². The highest BCUT2D eigenvalue weighted by Crippen LogP contribution is 2.17. The molecule has 0 saturated heterocycles. The standard InChI is InChI=1S/C33H33N2/c1-34(26-30-14-8-4-9-15-30)32-22-18-28(19-23-32)12-6-3-7-13-29-20-24-33(25-21-29)35(2)27-31-16-10-5-11-17-31/h3-25H,26-27H2,1-2H3/q+1. The van der Waals surface area contributed by atoms with Crippen LogP contribution in [-0.2, 0) is 13.1 Å². The molecule has 0 heterocycles. The molecule has 0 N–H and O–H groups in total. The summed E-state index contributed by atoms with van der Waals surface area (Å²) >= 11 is 0. The minimum Gasteiger partial charge on any atom is -0.370 e. The predicted octanol–water partition coefficient (Wildman–Crippen LogP) is 7.23. The van der Waals surface area contributed by atoms with Gasteiger partial charge in [-0.2, -0.15) is 0 Å². The van der Waals surface area contributed by atoms with Crippen LogP contribution >= 0.6 is 0 Å². The number of nitrogens with zero attached hydrogens (tertiary/aromatic N) is 2. The molecule has 4 rings (SSSR count). The van der Waals surface area contributed by atoms with Gasteiger partial charge in [0, 0.05) is 37.0 Å². The summed E-state index contributed by atoms with van der Waals surface area (Å²) in [5.74, 6) is 0. The third kappa shape index (κ3) is 7.41. The largest absolute Gasteiger partial charge is 0.370 e. The van der Waals surface area contributed by atoms with Gasteiger partial charge in [-0.25, -0.2) is 4.58 Å². The van der Waals surface area contributed by atoms with Gasteiger partial charge in [0.25, 0.3) is 0 Å². The molecule has 0 aliphatic heterocycles. The van der Waals surface area contributed by atoms with Crippen LogP contribution in [0.3, 0.4) is 0 Å². The smallest absolute Gasteiger partial charge is 0.199 e. The lowest BCUT2D eigenvalue weighted by Gasteiger charge is -2.19. The van der Waals surface area contributed by atoms with Crippen molar-refractivity contribution in [2.24, 2.45) is 0 Å². The summed E-state index contributed by atoms with van der Waals surface area (Å²) in [6.07, 6.45) is 19.2. The van der Waals surface area contributed by atoms with Crippen LogP contribution in [0.25, 0.3) is 6.08 Å². The average Bonchev–Trinajstić information content (AvgIpc) is 2.90. The van der Waals surface area contributed by atoms with Crippen molar-refractivity contribution in [3.63, 3.8) is 0 Å². The van der Waals surface area contributed by atoms with Gasteiger partial charge >= 0.3 is 0 Å². The van der Waals surface area contributed by atoms with Crippen LogP contribution in [0.4, 0.5) is 5.69 Å². The number of rotatable bonds is 8. The van der Waals surface area contributed by atoms with E-state index in [-0.39, 0.29) is 0 Å². The van der Waals surface area contributed by atoms with Gasteiger partial charge in [-0.1, -0.05) is 103 Å². The summed E-state index contributed by atoms with van der Waals surface area (Å²) < 4.78 is 2.27. The van der Waals surface area contributed by atoms with Gasteiger partial charge < -0.3 is 4.90 Å². The Morgan fingerprint density at radius 2 is 1.31 bits per heavy atom. The molecule has 3 aromatic carbocycles. The second-order valence-corrected chi connectivity index (χ2v) is 8.78. The Bertz CT molecular complexity index is 1250. The third-order valence-electron chi connectivity index (χ3n) is 5.99. The Hall–Kier alpha value is -4.17. The first kappa shape index (κ1) is 24.0. The Morgan fingerprint density at radius 1 is 0.686 bits per heavy atom. The van der Waals surface area contributed by atoms with E-state index in [1.807, 2.05) is 0 Å². The number of anilines is 1. The van der Waals surface area contributed by atoms with E-state index in [4.69, 9.17) is 0 Å². The molecule has 0 bridgehead atoms. The Kier molecular flexibility index (Phi) is 8.45. The Morgan fingerprint density at radius 3 is 1.97 bits per heavy atom. The number of hydrogen-bond donors (Lipinski definition) is 0. The second-order valence-electron chi connectivity index (χ2n) is 8.78. The minimum absolute atomic E-state index is 0.902. The molecule has 0 radical (unpaired) electrons. The van der Waals surface area contributed by atoms with Gasteiger partial charge in [0.1, 0.15) is 7.05 Å². The molecule has 174 valence electrons. The summed E-state index contributed by atoms with van der Waals surface area (Å²) in [4.78, 5) is 2.27. The lowest BCUT2D eigenvalue weighted by molar-refractivity contribution is -0.512. The van der Waals surface area contributed by atoms with Gasteiger partial charge in [-0.05, 0) is 41.0 Å². The van der Waals surface area contributed by atoms with Crippen molar-refractivity contribution in [2.45, 2.75) is 13.1 Å². The van der Waals surface area contributed by atoms with Crippen LogP contribution < -0.4 is 4.90 Å². The van der Waals surface area contributed by atoms with E-state index in [9.17, 15) is 0 Å². The van der Waals surface area contributed by atoms with Crippen molar-refractivity contribution >= 4 is 17.5 Å². The molecule has 3 aromatic rings. The molecule has 0 saturated carbocycles. The van der Waals surface area contributed by atoms with E-state index in [0.717, 1.165) is 13.1 Å². The molecule has 0 spiro atoms. The van der Waals surface area contributed by atoms with Crippen LogP contribution in [-0.4, -0.2) is 24.4 Å². The zero-order chi connectivity index (χ0) is 24.3. The molecular formula is C33H33N2+. The van der Waals surface area contributed by atoms with E-state index in [0.29, 0.717) is 0 Å². The maximum atomic E-state index is 2.27. The fraction of sp³-hybridized carbons (Fsp3) is 0.121. The topological polar surface area (TPSA) is 6.25 Å². The highest BCUT2D eigenvalue weighted by Gasteiger charge is 2.08. The molecule has 2 nitrogen and oxygen atoms in total. The van der Waals surface area contributed by atoms with E-state index in [1.54, 1.807) is 0 Å². The maximum Gasteiger partial charge on any atom is 0.199 e. The van der Waals surface area contributed by atoms with Crippen LogP contribution in [0.1, 0.15) is 16.7 Å². The van der Waals surface area contributed by atoms with Crippen molar-refractivity contribution in [1.82, 2.24) is 0 Å². The summed E-state index contributed by atoms with van der Waals surface area (Å²) in [7, 11) is 4.26. The lowest BCUT2D eigenvalue weighted by Crippen LogP contribution is -2.15. The van der Waals surface area contributed by atoms with Crippen LogP contribution in [0, 0.1) is 0 Å². The summed E-state index contributed by atoms with van der Waals surface area (Å²) in [6.45, 7) is 1.80. The average molecular weight is 458 g/mol. The number of benzene rings is 3. The molecule has 1 aliphatic rings. The van der Waals surface area contributed by atoms with E-state index < -0.39 is 0 Å². The first-order chi connectivity index (χ1) is 17.2. The molecule has 0 aromatic heterocycles. The van der Waals surface area contributed by atoms with Crippen molar-refractivity contribution in [2.75, 3.05) is 19.0 Å². The first-order valence-electron chi connectivity index (χ1n) is 12.1. The number of hydrogen-bond acceptors (Lipinski definition) is 1. The quantitative estimate of drug-likeness (QED) is 0.255. The molecule has 0 amide bonds. The zero-order valence-corrected chi connectivity index (χ0v) is 20.6. The molecule has 1 aliphatic carbocycles. The highest BCUT2D eigenvalue weighted by molar-refractivity contribution is 6.02. The molecule has 0 fully saturated rings. The molecule has 0 atom stereocenters. The normalized spacial score (nSPS) is 13.1. The van der Waals surface area contributed by atoms with Gasteiger partial charge in [0.05, 0.1) is 0 Å². The van der Waals surface area contributed by atoms with Gasteiger partial charge in [0.15, 0.2) is 12.3 Å². The van der Waals surface area contributed by atoms with Gasteiger partial charge in [-0.15, -0.1) is 0 Å². The highest BCUT2D eigenvalue weighted by atomic mass is 15.1. The predicted molar refractivity (Wildman–Crippen MR) is 151 cm³/mol. The second kappa shape index (κ2) is 12.3. The van der Waals surface area contributed by atoms with Crippen LogP contribution in [0.15, 0.2) is 139 Å². The van der Waals surface area contributed by atoms with Crippen molar-refractivity contribution in [3.05, 3.63) is 156 Å². The fourth-order valence-corrected chi connectivity index (χ4v) is 3.97.